The maximum atomic E-state index is 13.4. The van der Waals surface area contributed by atoms with Crippen LogP contribution >= 0.6 is 11.3 Å². The first-order valence-corrected chi connectivity index (χ1v) is 12.0. The van der Waals surface area contributed by atoms with E-state index in [1.807, 2.05) is 20.8 Å². The molecule has 0 radical (unpaired) electrons. The fourth-order valence-corrected chi connectivity index (χ4v) is 6.38. The number of hydrogen-bond donors (Lipinski definition) is 1. The fourth-order valence-electron chi connectivity index (χ4n) is 3.41. The molecule has 10 heteroatoms. The van der Waals surface area contributed by atoms with E-state index in [0.29, 0.717) is 29.0 Å². The minimum Gasteiger partial charge on any atom is -0.465 e. The summed E-state index contributed by atoms with van der Waals surface area (Å²) >= 11 is 0.963. The Hall–Kier alpha value is -2.30. The summed E-state index contributed by atoms with van der Waals surface area (Å²) in [5, 5.41) is 0. The molecule has 3 rings (SSSR count). The first-order valence-electron chi connectivity index (χ1n) is 9.70. The van der Waals surface area contributed by atoms with Gasteiger partial charge in [-0.1, -0.05) is 32.9 Å². The first-order chi connectivity index (χ1) is 14.4. The predicted octanol–water partition coefficient (Wildman–Crippen LogP) is 3.08. The molecule has 1 aliphatic heterocycles. The van der Waals surface area contributed by atoms with Crippen LogP contribution in [-0.2, 0) is 39.1 Å². The molecule has 1 amide bonds. The molecule has 0 bridgehead atoms. The molecule has 168 valence electrons. The van der Waals surface area contributed by atoms with Gasteiger partial charge in [0, 0.05) is 23.4 Å². The van der Waals surface area contributed by atoms with Crippen LogP contribution in [0, 0.1) is 11.2 Å². The third-order valence-corrected chi connectivity index (χ3v) is 8.08. The normalized spacial score (nSPS) is 14.3. The number of esters is 1. The van der Waals surface area contributed by atoms with E-state index in [2.05, 4.69) is 4.72 Å². The molecule has 0 atom stereocenters. The number of methoxy groups -OCH3 is 1. The van der Waals surface area contributed by atoms with Crippen molar-refractivity contribution in [1.82, 2.24) is 9.62 Å². The summed E-state index contributed by atoms with van der Waals surface area (Å²) in [5.41, 5.74) is 0.492. The zero-order chi connectivity index (χ0) is 23.0. The molecule has 0 spiro atoms. The fraction of sp³-hybridized carbons (Fsp3) is 0.429. The van der Waals surface area contributed by atoms with E-state index in [1.54, 1.807) is 11.0 Å². The smallest absolute Gasteiger partial charge is 0.340 e. The number of carbonyl (C=O) groups is 2. The van der Waals surface area contributed by atoms with Crippen LogP contribution in [-0.4, -0.2) is 38.8 Å². The standard InChI is InChI=1S/C21H25FN2O5S2/c1-21(2,3)20(26)24-9-8-15-16(12-24)30-19(17(15)18(25)29-4)31(27,28)23-11-13-6-5-7-14(22)10-13/h5-7,10,23H,8-9,11-12H2,1-4H3. The van der Waals surface area contributed by atoms with Gasteiger partial charge in [-0.3, -0.25) is 4.79 Å². The van der Waals surface area contributed by atoms with E-state index < -0.39 is 27.2 Å². The van der Waals surface area contributed by atoms with Crippen molar-refractivity contribution in [1.29, 1.82) is 0 Å². The van der Waals surface area contributed by atoms with Gasteiger partial charge in [0.05, 0.1) is 19.2 Å². The maximum absolute atomic E-state index is 13.4. The highest BCUT2D eigenvalue weighted by molar-refractivity contribution is 7.91. The van der Waals surface area contributed by atoms with Crippen molar-refractivity contribution in [3.8, 4) is 0 Å². The van der Waals surface area contributed by atoms with Gasteiger partial charge in [-0.25, -0.2) is 22.3 Å². The molecule has 1 aromatic carbocycles. The summed E-state index contributed by atoms with van der Waals surface area (Å²) in [6.45, 7) is 5.97. The van der Waals surface area contributed by atoms with Crippen LogP contribution in [0.5, 0.6) is 0 Å². The molecular weight excluding hydrogens is 443 g/mol. The molecule has 0 saturated heterocycles. The molecule has 31 heavy (non-hydrogen) atoms. The van der Waals surface area contributed by atoms with Crippen LogP contribution in [0.4, 0.5) is 4.39 Å². The molecule has 0 saturated carbocycles. The number of nitrogens with one attached hydrogen (secondary N) is 1. The number of sulfonamides is 1. The topological polar surface area (TPSA) is 92.8 Å². The van der Waals surface area contributed by atoms with E-state index in [0.717, 1.165) is 11.3 Å². The minimum absolute atomic E-state index is 0.0112. The number of fused-ring (bicyclic) bond motifs is 1. The van der Waals surface area contributed by atoms with Crippen LogP contribution in [0.1, 0.15) is 47.1 Å². The lowest BCUT2D eigenvalue weighted by Gasteiger charge is -2.32. The van der Waals surface area contributed by atoms with Gasteiger partial charge in [-0.15, -0.1) is 11.3 Å². The zero-order valence-electron chi connectivity index (χ0n) is 17.8. The number of nitrogens with zero attached hydrogens (tertiary/aromatic N) is 1. The molecule has 0 unspecified atom stereocenters. The Bertz CT molecular complexity index is 1120. The van der Waals surface area contributed by atoms with Crippen LogP contribution in [0.2, 0.25) is 0 Å². The summed E-state index contributed by atoms with van der Waals surface area (Å²) < 4.78 is 46.6. The molecule has 1 aromatic heterocycles. The summed E-state index contributed by atoms with van der Waals surface area (Å²) in [5.74, 6) is -1.25. The number of rotatable bonds is 5. The third kappa shape index (κ3) is 4.97. The van der Waals surface area contributed by atoms with Crippen molar-refractivity contribution in [3.63, 3.8) is 0 Å². The van der Waals surface area contributed by atoms with Crippen molar-refractivity contribution in [2.24, 2.45) is 5.41 Å². The summed E-state index contributed by atoms with van der Waals surface area (Å²) in [4.78, 5) is 27.5. The van der Waals surface area contributed by atoms with Gasteiger partial charge in [0.15, 0.2) is 0 Å². The number of benzene rings is 1. The molecule has 0 aliphatic carbocycles. The van der Waals surface area contributed by atoms with Gasteiger partial charge in [-0.2, -0.15) is 0 Å². The van der Waals surface area contributed by atoms with E-state index in [1.165, 1.54) is 25.3 Å². The monoisotopic (exact) mass is 468 g/mol. The second-order valence-corrected chi connectivity index (χ2v) is 11.4. The highest BCUT2D eigenvalue weighted by atomic mass is 32.2. The number of carbonyl (C=O) groups excluding carboxylic acids is 2. The Morgan fingerprint density at radius 1 is 1.29 bits per heavy atom. The van der Waals surface area contributed by atoms with E-state index >= 15 is 0 Å². The van der Waals surface area contributed by atoms with Crippen molar-refractivity contribution in [2.45, 2.75) is 44.5 Å². The zero-order valence-corrected chi connectivity index (χ0v) is 19.5. The lowest BCUT2D eigenvalue weighted by atomic mass is 9.93. The largest absolute Gasteiger partial charge is 0.465 e. The van der Waals surface area contributed by atoms with Crippen LogP contribution < -0.4 is 4.72 Å². The molecule has 1 aliphatic rings. The third-order valence-electron chi connectivity index (χ3n) is 4.94. The number of amides is 1. The van der Waals surface area contributed by atoms with Gasteiger partial charge in [0.2, 0.25) is 5.91 Å². The van der Waals surface area contributed by atoms with Gasteiger partial charge < -0.3 is 9.64 Å². The Labute approximate surface area is 185 Å². The Morgan fingerprint density at radius 3 is 2.61 bits per heavy atom. The second-order valence-electron chi connectivity index (χ2n) is 8.34. The quantitative estimate of drug-likeness (QED) is 0.681. The molecule has 7 nitrogen and oxygen atoms in total. The van der Waals surface area contributed by atoms with Gasteiger partial charge in [0.1, 0.15) is 10.0 Å². The van der Waals surface area contributed by atoms with Gasteiger partial charge in [-0.05, 0) is 29.7 Å². The van der Waals surface area contributed by atoms with E-state index in [-0.39, 0.29) is 28.8 Å². The Morgan fingerprint density at radius 2 is 2.00 bits per heavy atom. The lowest BCUT2D eigenvalue weighted by Crippen LogP contribution is -2.42. The Balaban J connectivity index is 1.94. The Kier molecular flexibility index (Phi) is 6.54. The molecule has 0 fully saturated rings. The van der Waals surface area contributed by atoms with Crippen molar-refractivity contribution in [2.75, 3.05) is 13.7 Å². The average molecular weight is 469 g/mol. The molecular formula is C21H25FN2O5S2. The van der Waals surface area contributed by atoms with Crippen LogP contribution in [0.3, 0.4) is 0 Å². The lowest BCUT2D eigenvalue weighted by molar-refractivity contribution is -0.140. The second kappa shape index (κ2) is 8.68. The van der Waals surface area contributed by atoms with E-state index in [9.17, 15) is 22.4 Å². The van der Waals surface area contributed by atoms with Crippen molar-refractivity contribution < 1.29 is 27.1 Å². The first kappa shape index (κ1) is 23.4. The number of halogens is 1. The highest BCUT2D eigenvalue weighted by Crippen LogP contribution is 2.37. The van der Waals surface area contributed by atoms with E-state index in [4.69, 9.17) is 4.74 Å². The predicted molar refractivity (Wildman–Crippen MR) is 115 cm³/mol. The SMILES string of the molecule is COC(=O)c1c(S(=O)(=O)NCc2cccc(F)c2)sc2c1CCN(C(=O)C(C)(C)C)C2. The van der Waals surface area contributed by atoms with Gasteiger partial charge >= 0.3 is 5.97 Å². The summed E-state index contributed by atoms with van der Waals surface area (Å²) in [6.07, 6.45) is 0.359. The van der Waals surface area contributed by atoms with Crippen molar-refractivity contribution >= 4 is 33.2 Å². The van der Waals surface area contributed by atoms with Gasteiger partial charge in [0.25, 0.3) is 10.0 Å². The summed E-state index contributed by atoms with van der Waals surface area (Å²) in [6, 6.07) is 5.59. The van der Waals surface area contributed by atoms with Crippen molar-refractivity contribution in [3.05, 3.63) is 51.7 Å². The highest BCUT2D eigenvalue weighted by Gasteiger charge is 2.36. The van der Waals surface area contributed by atoms with Crippen LogP contribution in [0.15, 0.2) is 28.5 Å². The average Bonchev–Trinajstić information content (AvgIpc) is 3.10. The van der Waals surface area contributed by atoms with Crippen LogP contribution in [0.25, 0.3) is 0 Å². The molecule has 1 N–H and O–H groups in total. The number of ether oxygens (including phenoxy) is 1. The molecule has 2 heterocycles. The number of thiophene rings is 1. The minimum atomic E-state index is -4.08. The number of hydrogen-bond acceptors (Lipinski definition) is 6. The maximum Gasteiger partial charge on any atom is 0.340 e. The summed E-state index contributed by atoms with van der Waals surface area (Å²) in [7, 11) is -2.88. The molecule has 2 aromatic rings.